The van der Waals surface area contributed by atoms with Crippen molar-refractivity contribution in [3.63, 3.8) is 0 Å². The van der Waals surface area contributed by atoms with E-state index in [1.54, 1.807) is 11.3 Å². The quantitative estimate of drug-likeness (QED) is 0.862. The third-order valence-electron chi connectivity index (χ3n) is 3.64. The fourth-order valence-electron chi connectivity index (χ4n) is 2.61. The molecule has 96 valence electrons. The van der Waals surface area contributed by atoms with Gasteiger partial charge in [-0.1, -0.05) is 32.8 Å². The summed E-state index contributed by atoms with van der Waals surface area (Å²) in [6.07, 6.45) is 4.31. The smallest absolute Gasteiger partial charge is 0.0693 e. The molecule has 3 heteroatoms. The molecule has 0 amide bonds. The molecule has 0 aliphatic heterocycles. The van der Waals surface area contributed by atoms with Crippen molar-refractivity contribution < 1.29 is 5.11 Å². The standard InChI is InChI=1S/C14H23NOS/c1-10(2)14(13-8-5-9-17-13)15-11-6-3-4-7-12(11)16/h5,8-12,14-16H,3-4,6-7H2,1-2H3/t11-,12-,14?/m1/s1. The molecule has 1 aromatic heterocycles. The fourth-order valence-corrected chi connectivity index (χ4v) is 3.57. The van der Waals surface area contributed by atoms with Gasteiger partial charge < -0.3 is 10.4 Å². The van der Waals surface area contributed by atoms with Crippen LogP contribution in [-0.4, -0.2) is 17.3 Å². The second-order valence-electron chi connectivity index (χ2n) is 5.36. The summed E-state index contributed by atoms with van der Waals surface area (Å²) in [6.45, 7) is 4.49. The first-order valence-electron chi connectivity index (χ1n) is 6.66. The third-order valence-corrected chi connectivity index (χ3v) is 4.59. The summed E-state index contributed by atoms with van der Waals surface area (Å²) < 4.78 is 0. The first-order valence-corrected chi connectivity index (χ1v) is 7.54. The lowest BCUT2D eigenvalue weighted by molar-refractivity contribution is 0.0813. The number of thiophene rings is 1. The van der Waals surface area contributed by atoms with Crippen molar-refractivity contribution >= 4 is 11.3 Å². The maximum Gasteiger partial charge on any atom is 0.0693 e. The van der Waals surface area contributed by atoms with Crippen LogP contribution in [-0.2, 0) is 0 Å². The molecule has 1 unspecified atom stereocenters. The molecule has 0 bridgehead atoms. The van der Waals surface area contributed by atoms with Gasteiger partial charge in [-0.3, -0.25) is 0 Å². The molecule has 1 fully saturated rings. The zero-order chi connectivity index (χ0) is 12.3. The van der Waals surface area contributed by atoms with Gasteiger partial charge in [-0.15, -0.1) is 11.3 Å². The highest BCUT2D eigenvalue weighted by atomic mass is 32.1. The Morgan fingerprint density at radius 2 is 2.12 bits per heavy atom. The summed E-state index contributed by atoms with van der Waals surface area (Å²) in [6, 6.07) is 4.96. The van der Waals surface area contributed by atoms with Gasteiger partial charge in [0.2, 0.25) is 0 Å². The van der Waals surface area contributed by atoms with Crippen LogP contribution in [0.1, 0.15) is 50.4 Å². The van der Waals surface area contributed by atoms with Crippen LogP contribution in [0.2, 0.25) is 0 Å². The molecule has 1 aliphatic carbocycles. The maximum atomic E-state index is 10.0. The summed E-state index contributed by atoms with van der Waals surface area (Å²) in [5, 5.41) is 15.8. The molecule has 3 atom stereocenters. The van der Waals surface area contributed by atoms with Crippen LogP contribution in [0.15, 0.2) is 17.5 Å². The van der Waals surface area contributed by atoms with Gasteiger partial charge in [-0.25, -0.2) is 0 Å². The molecular formula is C14H23NOS. The second-order valence-corrected chi connectivity index (χ2v) is 6.34. The van der Waals surface area contributed by atoms with Crippen molar-refractivity contribution in [1.29, 1.82) is 0 Å². The normalized spacial score (nSPS) is 27.3. The number of hydrogen-bond donors (Lipinski definition) is 2. The van der Waals surface area contributed by atoms with E-state index in [1.807, 2.05) is 0 Å². The van der Waals surface area contributed by atoms with E-state index in [-0.39, 0.29) is 12.1 Å². The molecule has 1 heterocycles. The lowest BCUT2D eigenvalue weighted by atomic mass is 9.90. The molecule has 1 saturated carbocycles. The lowest BCUT2D eigenvalue weighted by Crippen LogP contribution is -2.44. The Morgan fingerprint density at radius 1 is 1.35 bits per heavy atom. The van der Waals surface area contributed by atoms with Gasteiger partial charge in [0.15, 0.2) is 0 Å². The average Bonchev–Trinajstić information content (AvgIpc) is 2.81. The number of hydrogen-bond acceptors (Lipinski definition) is 3. The highest BCUT2D eigenvalue weighted by Crippen LogP contribution is 2.29. The van der Waals surface area contributed by atoms with Gasteiger partial charge >= 0.3 is 0 Å². The number of rotatable bonds is 4. The Balaban J connectivity index is 2.02. The van der Waals surface area contributed by atoms with Crippen LogP contribution in [0.25, 0.3) is 0 Å². The van der Waals surface area contributed by atoms with Gasteiger partial charge in [-0.05, 0) is 30.2 Å². The van der Waals surface area contributed by atoms with E-state index in [9.17, 15) is 5.11 Å². The first-order chi connectivity index (χ1) is 8.18. The summed E-state index contributed by atoms with van der Waals surface area (Å²) in [4.78, 5) is 1.39. The van der Waals surface area contributed by atoms with Crippen molar-refractivity contribution in [2.24, 2.45) is 5.92 Å². The van der Waals surface area contributed by atoms with Crippen LogP contribution in [0, 0.1) is 5.92 Å². The number of nitrogens with one attached hydrogen (secondary N) is 1. The first kappa shape index (κ1) is 13.1. The van der Waals surface area contributed by atoms with Gasteiger partial charge in [0.25, 0.3) is 0 Å². The van der Waals surface area contributed by atoms with E-state index in [4.69, 9.17) is 0 Å². The molecule has 0 spiro atoms. The summed E-state index contributed by atoms with van der Waals surface area (Å²) in [7, 11) is 0. The lowest BCUT2D eigenvalue weighted by Gasteiger charge is -2.33. The van der Waals surface area contributed by atoms with Crippen LogP contribution in [0.3, 0.4) is 0 Å². The monoisotopic (exact) mass is 253 g/mol. The van der Waals surface area contributed by atoms with Crippen LogP contribution in [0.5, 0.6) is 0 Å². The number of aliphatic hydroxyl groups is 1. The SMILES string of the molecule is CC(C)C(N[C@@H]1CCCC[C@H]1O)c1cccs1. The zero-order valence-electron chi connectivity index (χ0n) is 10.7. The molecule has 2 rings (SSSR count). The van der Waals surface area contributed by atoms with Crippen molar-refractivity contribution in [2.45, 2.75) is 57.7 Å². The summed E-state index contributed by atoms with van der Waals surface area (Å²) in [5.41, 5.74) is 0. The predicted octanol–water partition coefficient (Wildman–Crippen LogP) is 3.34. The minimum absolute atomic E-state index is 0.162. The molecule has 2 nitrogen and oxygen atoms in total. The van der Waals surface area contributed by atoms with Gasteiger partial charge in [0, 0.05) is 17.0 Å². The maximum absolute atomic E-state index is 10.0. The van der Waals surface area contributed by atoms with E-state index < -0.39 is 0 Å². The van der Waals surface area contributed by atoms with Crippen LogP contribution < -0.4 is 5.32 Å². The third kappa shape index (κ3) is 3.30. The second kappa shape index (κ2) is 5.98. The minimum atomic E-state index is -0.162. The molecule has 2 N–H and O–H groups in total. The van der Waals surface area contributed by atoms with Gasteiger partial charge in [-0.2, -0.15) is 0 Å². The molecule has 0 radical (unpaired) electrons. The molecule has 17 heavy (non-hydrogen) atoms. The summed E-state index contributed by atoms with van der Waals surface area (Å²) in [5.74, 6) is 0.558. The summed E-state index contributed by atoms with van der Waals surface area (Å²) >= 11 is 1.81. The van der Waals surface area contributed by atoms with Crippen molar-refractivity contribution in [3.8, 4) is 0 Å². The van der Waals surface area contributed by atoms with Crippen LogP contribution >= 0.6 is 11.3 Å². The molecule has 0 saturated heterocycles. The Labute approximate surface area is 108 Å². The Kier molecular flexibility index (Phi) is 4.60. The van der Waals surface area contributed by atoms with Crippen molar-refractivity contribution in [3.05, 3.63) is 22.4 Å². The van der Waals surface area contributed by atoms with Gasteiger partial charge in [0.05, 0.1) is 6.10 Å². The Hall–Kier alpha value is -0.380. The molecule has 1 aromatic rings. The molecule has 0 aromatic carbocycles. The van der Waals surface area contributed by atoms with Crippen molar-refractivity contribution in [1.82, 2.24) is 5.32 Å². The zero-order valence-corrected chi connectivity index (χ0v) is 11.5. The van der Waals surface area contributed by atoms with Gasteiger partial charge in [0.1, 0.15) is 0 Å². The van der Waals surface area contributed by atoms with E-state index in [0.29, 0.717) is 12.0 Å². The average molecular weight is 253 g/mol. The highest BCUT2D eigenvalue weighted by molar-refractivity contribution is 7.10. The largest absolute Gasteiger partial charge is 0.392 e. The predicted molar refractivity (Wildman–Crippen MR) is 73.3 cm³/mol. The molecular weight excluding hydrogens is 230 g/mol. The minimum Gasteiger partial charge on any atom is -0.392 e. The van der Waals surface area contributed by atoms with Crippen LogP contribution in [0.4, 0.5) is 0 Å². The van der Waals surface area contributed by atoms with E-state index >= 15 is 0 Å². The molecule has 1 aliphatic rings. The Bertz CT molecular complexity index is 323. The highest BCUT2D eigenvalue weighted by Gasteiger charge is 2.27. The van der Waals surface area contributed by atoms with Crippen molar-refractivity contribution in [2.75, 3.05) is 0 Å². The van der Waals surface area contributed by atoms with E-state index in [1.165, 1.54) is 17.7 Å². The number of aliphatic hydroxyl groups excluding tert-OH is 1. The van der Waals surface area contributed by atoms with E-state index in [0.717, 1.165) is 12.8 Å². The van der Waals surface area contributed by atoms with E-state index in [2.05, 4.69) is 36.7 Å². The fraction of sp³-hybridized carbons (Fsp3) is 0.714. The topological polar surface area (TPSA) is 32.3 Å². The Morgan fingerprint density at radius 3 is 2.71 bits per heavy atom.